The second-order valence-electron chi connectivity index (χ2n) is 10.8. The number of fused-ring (bicyclic) bond motifs is 5. The third-order valence-corrected chi connectivity index (χ3v) is 7.82. The number of nitrogens with zero attached hydrogens (tertiary/aromatic N) is 1. The molecule has 5 atom stereocenters. The first-order chi connectivity index (χ1) is 12.5. The number of allylic oxidation sites excluding steroid dienone is 3. The van der Waals surface area contributed by atoms with Crippen LogP contribution in [0.1, 0.15) is 66.7 Å². The maximum atomic E-state index is 13.2. The quantitative estimate of drug-likeness (QED) is 0.673. The van der Waals surface area contributed by atoms with Crippen molar-refractivity contribution in [1.29, 1.82) is 0 Å². The van der Waals surface area contributed by atoms with Gasteiger partial charge in [-0.1, -0.05) is 26.3 Å². The Morgan fingerprint density at radius 3 is 2.63 bits per heavy atom. The predicted octanol–water partition coefficient (Wildman–Crippen LogP) is 4.67. The van der Waals surface area contributed by atoms with Crippen LogP contribution in [0.2, 0.25) is 0 Å². The van der Waals surface area contributed by atoms with Crippen LogP contribution in [0, 0.1) is 28.6 Å². The van der Waals surface area contributed by atoms with E-state index in [4.69, 9.17) is 0 Å². The molecule has 3 aliphatic carbocycles. The van der Waals surface area contributed by atoms with Crippen LogP contribution in [0.25, 0.3) is 0 Å². The first-order valence-corrected chi connectivity index (χ1v) is 10.6. The van der Waals surface area contributed by atoms with Crippen molar-refractivity contribution < 1.29 is 9.59 Å². The lowest BCUT2D eigenvalue weighted by atomic mass is 9.51. The maximum absolute atomic E-state index is 13.2. The van der Waals surface area contributed by atoms with Gasteiger partial charge in [0.05, 0.1) is 0 Å². The Balaban J connectivity index is 1.74. The summed E-state index contributed by atoms with van der Waals surface area (Å²) in [6, 6.07) is -0.0631. The minimum Gasteiger partial charge on any atom is -0.333 e. The first-order valence-electron chi connectivity index (χ1n) is 10.6. The van der Waals surface area contributed by atoms with Crippen LogP contribution in [0.15, 0.2) is 23.9 Å². The molecule has 0 aromatic rings. The molecule has 1 heterocycles. The van der Waals surface area contributed by atoms with Crippen molar-refractivity contribution in [3.8, 4) is 0 Å². The molecule has 148 valence electrons. The summed E-state index contributed by atoms with van der Waals surface area (Å²) >= 11 is 0. The molecule has 1 aliphatic heterocycles. The SMILES string of the molecule is CC(C)(C)NC(=O)N1C[C@H]2[C@@H]3CCC[C@@]3(C)CC[C@@H]2[C@@]2(C)C=CC(=O)C=C12. The van der Waals surface area contributed by atoms with Gasteiger partial charge in [-0.25, -0.2) is 4.79 Å². The molecule has 0 aromatic heterocycles. The van der Waals surface area contributed by atoms with E-state index in [1.165, 1.54) is 32.1 Å². The number of urea groups is 1. The zero-order valence-corrected chi connectivity index (χ0v) is 17.5. The van der Waals surface area contributed by atoms with Crippen LogP contribution in [0.5, 0.6) is 0 Å². The van der Waals surface area contributed by atoms with E-state index in [0.717, 1.165) is 12.2 Å². The van der Waals surface area contributed by atoms with E-state index in [0.29, 0.717) is 23.2 Å². The summed E-state index contributed by atoms with van der Waals surface area (Å²) in [4.78, 5) is 27.3. The van der Waals surface area contributed by atoms with Gasteiger partial charge in [0.2, 0.25) is 0 Å². The molecule has 4 heteroatoms. The normalized spacial score (nSPS) is 40.8. The number of rotatable bonds is 0. The molecule has 3 fully saturated rings. The van der Waals surface area contributed by atoms with Gasteiger partial charge in [-0.3, -0.25) is 9.69 Å². The van der Waals surface area contributed by atoms with Gasteiger partial charge in [0, 0.05) is 29.3 Å². The van der Waals surface area contributed by atoms with Gasteiger partial charge in [-0.15, -0.1) is 0 Å². The molecule has 2 amide bonds. The fraction of sp³-hybridized carbons (Fsp3) is 0.739. The fourth-order valence-electron chi connectivity index (χ4n) is 6.53. The highest BCUT2D eigenvalue weighted by Gasteiger charge is 2.58. The Bertz CT molecular complexity index is 731. The molecule has 4 nitrogen and oxygen atoms in total. The molecule has 1 saturated heterocycles. The molecule has 2 saturated carbocycles. The van der Waals surface area contributed by atoms with Crippen LogP contribution >= 0.6 is 0 Å². The van der Waals surface area contributed by atoms with E-state index in [2.05, 4.69) is 25.2 Å². The van der Waals surface area contributed by atoms with Crippen molar-refractivity contribution in [3.05, 3.63) is 23.9 Å². The highest BCUT2D eigenvalue weighted by atomic mass is 16.2. The van der Waals surface area contributed by atoms with Crippen LogP contribution in [-0.4, -0.2) is 28.8 Å². The van der Waals surface area contributed by atoms with Crippen molar-refractivity contribution in [1.82, 2.24) is 10.2 Å². The Morgan fingerprint density at radius 2 is 1.93 bits per heavy atom. The topological polar surface area (TPSA) is 49.4 Å². The van der Waals surface area contributed by atoms with E-state index in [9.17, 15) is 9.59 Å². The number of hydrogen-bond acceptors (Lipinski definition) is 2. The standard InChI is InChI=1S/C23H34N2O2/c1-21(2,3)24-20(27)25-14-16-17-7-6-10-22(17,4)11-9-18(16)23(5)12-8-15(26)13-19(23)25/h8,12-13,16-18H,6-7,9-11,14H2,1-5H3,(H,24,27)/t16-,17-,18-,22-,23+/m0/s1. The Hall–Kier alpha value is -1.58. The molecule has 0 aromatic carbocycles. The molecule has 4 rings (SSSR count). The number of likely N-dealkylation sites (tertiary alicyclic amines) is 1. The minimum absolute atomic E-state index is 0.00371. The van der Waals surface area contributed by atoms with Crippen LogP contribution in [-0.2, 0) is 4.79 Å². The highest BCUT2D eigenvalue weighted by Crippen LogP contribution is 2.63. The molecular formula is C23H34N2O2. The average molecular weight is 371 g/mol. The van der Waals surface area contributed by atoms with Crippen molar-refractivity contribution in [2.45, 2.75) is 72.3 Å². The Kier molecular flexibility index (Phi) is 4.14. The molecule has 1 N–H and O–H groups in total. The van der Waals surface area contributed by atoms with Crippen molar-refractivity contribution >= 4 is 11.8 Å². The fourth-order valence-corrected chi connectivity index (χ4v) is 6.53. The summed E-state index contributed by atoms with van der Waals surface area (Å²) in [5.74, 6) is 1.71. The summed E-state index contributed by atoms with van der Waals surface area (Å²) in [5, 5.41) is 3.13. The van der Waals surface area contributed by atoms with Gasteiger partial charge < -0.3 is 5.32 Å². The van der Waals surface area contributed by atoms with Gasteiger partial charge in [-0.2, -0.15) is 0 Å². The summed E-state index contributed by atoms with van der Waals surface area (Å²) in [6.45, 7) is 11.5. The number of carbonyl (C=O) groups excluding carboxylic acids is 2. The van der Waals surface area contributed by atoms with Crippen molar-refractivity contribution in [3.63, 3.8) is 0 Å². The first kappa shape index (κ1) is 18.8. The third-order valence-electron chi connectivity index (χ3n) is 7.82. The second-order valence-corrected chi connectivity index (χ2v) is 10.8. The predicted molar refractivity (Wildman–Crippen MR) is 107 cm³/mol. The highest BCUT2D eigenvalue weighted by molar-refractivity contribution is 6.01. The zero-order chi connectivity index (χ0) is 19.6. The van der Waals surface area contributed by atoms with Crippen molar-refractivity contribution in [2.75, 3.05) is 6.54 Å². The van der Waals surface area contributed by atoms with Gasteiger partial charge in [0.15, 0.2) is 5.78 Å². The lowest BCUT2D eigenvalue weighted by Crippen LogP contribution is -2.60. The Labute approximate surface area is 163 Å². The van der Waals surface area contributed by atoms with Crippen LogP contribution < -0.4 is 5.32 Å². The van der Waals surface area contributed by atoms with E-state index in [1.807, 2.05) is 25.7 Å². The van der Waals surface area contributed by atoms with Gasteiger partial charge in [0.25, 0.3) is 0 Å². The van der Waals surface area contributed by atoms with E-state index in [1.54, 1.807) is 12.2 Å². The van der Waals surface area contributed by atoms with Gasteiger partial charge in [0.1, 0.15) is 0 Å². The molecular weight excluding hydrogens is 336 g/mol. The van der Waals surface area contributed by atoms with E-state index < -0.39 is 0 Å². The molecule has 0 unspecified atom stereocenters. The van der Waals surface area contributed by atoms with Crippen LogP contribution in [0.3, 0.4) is 0 Å². The minimum atomic E-state index is -0.298. The number of piperidine rings is 1. The van der Waals surface area contributed by atoms with Crippen molar-refractivity contribution in [2.24, 2.45) is 28.6 Å². The molecule has 0 spiro atoms. The summed E-state index contributed by atoms with van der Waals surface area (Å²) in [6.07, 6.45) is 11.9. The van der Waals surface area contributed by atoms with Gasteiger partial charge >= 0.3 is 6.03 Å². The monoisotopic (exact) mass is 370 g/mol. The molecule has 27 heavy (non-hydrogen) atoms. The number of hydrogen-bond donors (Lipinski definition) is 1. The Morgan fingerprint density at radius 1 is 1.19 bits per heavy atom. The lowest BCUT2D eigenvalue weighted by molar-refractivity contribution is -0.111. The maximum Gasteiger partial charge on any atom is 0.322 e. The lowest BCUT2D eigenvalue weighted by Gasteiger charge is -2.58. The zero-order valence-electron chi connectivity index (χ0n) is 17.5. The largest absolute Gasteiger partial charge is 0.333 e. The second kappa shape index (κ2) is 5.96. The van der Waals surface area contributed by atoms with Crippen LogP contribution in [0.4, 0.5) is 4.79 Å². The third kappa shape index (κ3) is 2.96. The number of ketones is 1. The van der Waals surface area contributed by atoms with Gasteiger partial charge in [-0.05, 0) is 75.7 Å². The smallest absolute Gasteiger partial charge is 0.322 e. The number of carbonyl (C=O) groups is 2. The van der Waals surface area contributed by atoms with E-state index >= 15 is 0 Å². The molecule has 0 bridgehead atoms. The number of nitrogens with one attached hydrogen (secondary N) is 1. The summed E-state index contributed by atoms with van der Waals surface area (Å²) in [5.41, 5.74) is 0.808. The number of amides is 2. The van der Waals surface area contributed by atoms with E-state index in [-0.39, 0.29) is 22.8 Å². The summed E-state index contributed by atoms with van der Waals surface area (Å²) in [7, 11) is 0. The molecule has 0 radical (unpaired) electrons. The summed E-state index contributed by atoms with van der Waals surface area (Å²) < 4.78 is 0. The molecule has 4 aliphatic rings. The average Bonchev–Trinajstić information content (AvgIpc) is 2.95.